The molecule has 20 heavy (non-hydrogen) atoms. The van der Waals surface area contributed by atoms with Crippen molar-refractivity contribution in [3.63, 3.8) is 0 Å². The van der Waals surface area contributed by atoms with Crippen LogP contribution in [0.2, 0.25) is 5.02 Å². The number of aromatic nitrogens is 2. The number of nitrogens with one attached hydrogen (secondary N) is 2. The second-order valence-corrected chi connectivity index (χ2v) is 5.59. The Balaban J connectivity index is 2.02. The summed E-state index contributed by atoms with van der Waals surface area (Å²) < 4.78 is 0.841. The van der Waals surface area contributed by atoms with Gasteiger partial charge in [-0.05, 0) is 40.0 Å². The normalized spacial score (nSPS) is 10.3. The predicted octanol–water partition coefficient (Wildman–Crippen LogP) is 4.33. The molecule has 1 aromatic carbocycles. The van der Waals surface area contributed by atoms with Gasteiger partial charge in [0.15, 0.2) is 0 Å². The molecule has 0 fully saturated rings. The van der Waals surface area contributed by atoms with Crippen molar-refractivity contribution < 1.29 is 0 Å². The number of hydrogen-bond acceptors (Lipinski definition) is 4. The van der Waals surface area contributed by atoms with Crippen LogP contribution in [0.1, 0.15) is 18.9 Å². The Morgan fingerprint density at radius 3 is 2.65 bits per heavy atom. The van der Waals surface area contributed by atoms with E-state index in [2.05, 4.69) is 43.5 Å². The first-order chi connectivity index (χ1) is 9.69. The smallest absolute Gasteiger partial charge is 0.224 e. The Bertz CT molecular complexity index is 560. The second kappa shape index (κ2) is 7.45. The minimum atomic E-state index is 0.633. The molecule has 1 aromatic heterocycles. The summed E-state index contributed by atoms with van der Waals surface area (Å²) >= 11 is 9.31. The third-order valence-corrected chi connectivity index (χ3v) is 3.48. The Kier molecular flexibility index (Phi) is 5.61. The van der Waals surface area contributed by atoms with Crippen LogP contribution >= 0.6 is 27.5 Å². The average Bonchev–Trinajstić information content (AvgIpc) is 2.46. The van der Waals surface area contributed by atoms with E-state index in [0.717, 1.165) is 33.8 Å². The maximum absolute atomic E-state index is 5.87. The topological polar surface area (TPSA) is 49.8 Å². The van der Waals surface area contributed by atoms with Gasteiger partial charge in [0.25, 0.3) is 0 Å². The molecular formula is C14H16BrClN4. The minimum Gasteiger partial charge on any atom is -0.365 e. The van der Waals surface area contributed by atoms with Gasteiger partial charge in [-0.15, -0.1) is 0 Å². The number of nitrogens with zero attached hydrogens (tertiary/aromatic N) is 2. The van der Waals surface area contributed by atoms with E-state index in [9.17, 15) is 0 Å². The first-order valence-electron chi connectivity index (χ1n) is 6.43. The van der Waals surface area contributed by atoms with E-state index in [1.54, 1.807) is 6.20 Å². The lowest BCUT2D eigenvalue weighted by molar-refractivity contribution is 0.948. The third kappa shape index (κ3) is 4.35. The van der Waals surface area contributed by atoms with Gasteiger partial charge in [-0.25, -0.2) is 4.98 Å². The van der Waals surface area contributed by atoms with E-state index in [1.165, 1.54) is 0 Å². The molecule has 0 radical (unpaired) electrons. The molecule has 0 aliphatic heterocycles. The van der Waals surface area contributed by atoms with Gasteiger partial charge in [-0.1, -0.05) is 30.7 Å². The highest BCUT2D eigenvalue weighted by Crippen LogP contribution is 2.21. The van der Waals surface area contributed by atoms with E-state index in [1.807, 2.05) is 24.3 Å². The van der Waals surface area contributed by atoms with Crippen molar-refractivity contribution in [3.05, 3.63) is 45.5 Å². The molecule has 0 unspecified atom stereocenters. The number of anilines is 2. The summed E-state index contributed by atoms with van der Waals surface area (Å²) in [6.07, 6.45) is 2.78. The van der Waals surface area contributed by atoms with Gasteiger partial charge in [-0.3, -0.25) is 0 Å². The van der Waals surface area contributed by atoms with E-state index in [4.69, 9.17) is 11.6 Å². The van der Waals surface area contributed by atoms with Gasteiger partial charge in [-0.2, -0.15) is 4.98 Å². The molecule has 6 heteroatoms. The highest BCUT2D eigenvalue weighted by molar-refractivity contribution is 9.10. The fraction of sp³-hybridized carbons (Fsp3) is 0.286. The molecule has 4 nitrogen and oxygen atoms in total. The van der Waals surface area contributed by atoms with Crippen LogP contribution in [0.25, 0.3) is 0 Å². The number of benzene rings is 1. The minimum absolute atomic E-state index is 0.633. The summed E-state index contributed by atoms with van der Waals surface area (Å²) in [5.41, 5.74) is 1.14. The van der Waals surface area contributed by atoms with Crippen molar-refractivity contribution in [2.75, 3.05) is 17.2 Å². The van der Waals surface area contributed by atoms with Crippen LogP contribution < -0.4 is 10.6 Å². The highest BCUT2D eigenvalue weighted by atomic mass is 79.9. The molecule has 0 saturated heterocycles. The molecule has 0 amide bonds. The van der Waals surface area contributed by atoms with Crippen LogP contribution in [0.15, 0.2) is 34.9 Å². The Morgan fingerprint density at radius 2 is 1.95 bits per heavy atom. The molecule has 0 aliphatic rings. The second-order valence-electron chi connectivity index (χ2n) is 4.30. The molecule has 0 saturated carbocycles. The van der Waals surface area contributed by atoms with Crippen LogP contribution in [-0.2, 0) is 6.54 Å². The summed E-state index contributed by atoms with van der Waals surface area (Å²) in [5, 5.41) is 7.19. The van der Waals surface area contributed by atoms with Gasteiger partial charge in [0.05, 0.1) is 4.47 Å². The largest absolute Gasteiger partial charge is 0.365 e. The zero-order valence-electron chi connectivity index (χ0n) is 11.2. The first-order valence-corrected chi connectivity index (χ1v) is 7.61. The molecular weight excluding hydrogens is 340 g/mol. The van der Waals surface area contributed by atoms with Gasteiger partial charge < -0.3 is 10.6 Å². The van der Waals surface area contributed by atoms with E-state index < -0.39 is 0 Å². The molecule has 0 spiro atoms. The standard InChI is InChI=1S/C14H16BrClN4/c1-2-7-17-14-19-9-12(15)13(20-14)18-8-10-3-5-11(16)6-4-10/h3-6,9H,2,7-8H2,1H3,(H2,17,18,19,20). The van der Waals surface area contributed by atoms with Crippen molar-refractivity contribution in [3.8, 4) is 0 Å². The van der Waals surface area contributed by atoms with Crippen LogP contribution in [0.5, 0.6) is 0 Å². The summed E-state index contributed by atoms with van der Waals surface area (Å²) in [6.45, 7) is 3.64. The zero-order valence-corrected chi connectivity index (χ0v) is 13.5. The van der Waals surface area contributed by atoms with E-state index in [-0.39, 0.29) is 0 Å². The molecule has 0 aliphatic carbocycles. The van der Waals surface area contributed by atoms with Crippen LogP contribution in [0.3, 0.4) is 0 Å². The van der Waals surface area contributed by atoms with Gasteiger partial charge >= 0.3 is 0 Å². The molecule has 0 atom stereocenters. The lowest BCUT2D eigenvalue weighted by Crippen LogP contribution is -2.08. The van der Waals surface area contributed by atoms with Crippen LogP contribution in [0, 0.1) is 0 Å². The SMILES string of the molecule is CCCNc1ncc(Br)c(NCc2ccc(Cl)cc2)n1. The van der Waals surface area contributed by atoms with Crippen molar-refractivity contribution in [2.45, 2.75) is 19.9 Å². The van der Waals surface area contributed by atoms with Gasteiger partial charge in [0, 0.05) is 24.3 Å². The molecule has 2 rings (SSSR count). The Morgan fingerprint density at radius 1 is 1.20 bits per heavy atom. The van der Waals surface area contributed by atoms with E-state index >= 15 is 0 Å². The fourth-order valence-corrected chi connectivity index (χ4v) is 2.06. The first kappa shape index (κ1) is 15.1. The highest BCUT2D eigenvalue weighted by Gasteiger charge is 2.04. The van der Waals surface area contributed by atoms with Crippen molar-refractivity contribution in [1.82, 2.24) is 9.97 Å². The predicted molar refractivity (Wildman–Crippen MR) is 87.3 cm³/mol. The van der Waals surface area contributed by atoms with Crippen molar-refractivity contribution >= 4 is 39.3 Å². The molecule has 2 N–H and O–H groups in total. The summed E-state index contributed by atoms with van der Waals surface area (Å²) in [7, 11) is 0. The fourth-order valence-electron chi connectivity index (χ4n) is 1.60. The number of hydrogen-bond donors (Lipinski definition) is 2. The summed E-state index contributed by atoms with van der Waals surface area (Å²) in [5.74, 6) is 1.40. The number of rotatable bonds is 6. The molecule has 1 heterocycles. The quantitative estimate of drug-likeness (QED) is 0.810. The van der Waals surface area contributed by atoms with Crippen molar-refractivity contribution in [1.29, 1.82) is 0 Å². The Hall–Kier alpha value is -1.33. The van der Waals surface area contributed by atoms with Gasteiger partial charge in [0.1, 0.15) is 5.82 Å². The summed E-state index contributed by atoms with van der Waals surface area (Å²) in [4.78, 5) is 8.65. The Labute approximate surface area is 132 Å². The molecule has 106 valence electrons. The number of halogens is 2. The average molecular weight is 356 g/mol. The lowest BCUT2D eigenvalue weighted by atomic mass is 10.2. The zero-order chi connectivity index (χ0) is 14.4. The lowest BCUT2D eigenvalue weighted by Gasteiger charge is -2.10. The molecule has 2 aromatic rings. The van der Waals surface area contributed by atoms with Crippen molar-refractivity contribution in [2.24, 2.45) is 0 Å². The maximum atomic E-state index is 5.87. The third-order valence-electron chi connectivity index (χ3n) is 2.65. The van der Waals surface area contributed by atoms with Crippen LogP contribution in [0.4, 0.5) is 11.8 Å². The maximum Gasteiger partial charge on any atom is 0.224 e. The summed E-state index contributed by atoms with van der Waals surface area (Å²) in [6, 6.07) is 7.73. The monoisotopic (exact) mass is 354 g/mol. The van der Waals surface area contributed by atoms with E-state index in [0.29, 0.717) is 12.5 Å². The molecule has 0 bridgehead atoms. The van der Waals surface area contributed by atoms with Crippen LogP contribution in [-0.4, -0.2) is 16.5 Å². The van der Waals surface area contributed by atoms with Gasteiger partial charge in [0.2, 0.25) is 5.95 Å².